The minimum Gasteiger partial charge on any atom is -0.344 e. The predicted octanol–water partition coefficient (Wildman–Crippen LogP) is 1.91. The number of halogens is 2. The van der Waals surface area contributed by atoms with E-state index >= 15 is 0 Å². The van der Waals surface area contributed by atoms with Gasteiger partial charge >= 0.3 is 0 Å². The van der Waals surface area contributed by atoms with Crippen molar-refractivity contribution >= 4 is 30.1 Å². The van der Waals surface area contributed by atoms with Gasteiger partial charge in [0.1, 0.15) is 5.82 Å². The Balaban J connectivity index is 0.00000180. The van der Waals surface area contributed by atoms with Gasteiger partial charge in [-0.15, -0.1) is 24.2 Å². The molecule has 1 amide bonds. The van der Waals surface area contributed by atoms with Crippen LogP contribution < -0.4 is 5.32 Å². The highest BCUT2D eigenvalue weighted by Crippen LogP contribution is 2.12. The number of hydrogen-bond acceptors (Lipinski definition) is 3. The summed E-state index contributed by atoms with van der Waals surface area (Å²) in [7, 11) is 1.82. The van der Waals surface area contributed by atoms with Crippen molar-refractivity contribution in [1.29, 1.82) is 0 Å². The standard InChI is InChI=1S/C13H17FN2OS.ClH/c1-16(13(17)12-8-18-9-15-12)7-6-10-2-4-11(14)5-3-10;/h2-5,12,15H,6-9H2,1H3;1H. The van der Waals surface area contributed by atoms with Gasteiger partial charge in [0, 0.05) is 25.2 Å². The Hall–Kier alpha value is -0.780. The van der Waals surface area contributed by atoms with Gasteiger partial charge in [0.25, 0.3) is 0 Å². The lowest BCUT2D eigenvalue weighted by Crippen LogP contribution is -2.43. The third-order valence-corrected chi connectivity index (χ3v) is 3.98. The molecule has 19 heavy (non-hydrogen) atoms. The number of carbonyl (C=O) groups is 1. The molecule has 1 aromatic rings. The van der Waals surface area contributed by atoms with Crippen molar-refractivity contribution in [2.75, 3.05) is 25.2 Å². The zero-order valence-electron chi connectivity index (χ0n) is 10.8. The summed E-state index contributed by atoms with van der Waals surface area (Å²) in [6.45, 7) is 0.660. The first-order valence-corrected chi connectivity index (χ1v) is 7.13. The lowest BCUT2D eigenvalue weighted by atomic mass is 10.1. The van der Waals surface area contributed by atoms with Crippen LogP contribution in [0, 0.1) is 5.82 Å². The first-order valence-electron chi connectivity index (χ1n) is 5.97. The Morgan fingerprint density at radius 3 is 2.74 bits per heavy atom. The summed E-state index contributed by atoms with van der Waals surface area (Å²) in [5, 5.41) is 3.17. The summed E-state index contributed by atoms with van der Waals surface area (Å²) in [5.74, 6) is 1.61. The Labute approximate surface area is 123 Å². The predicted molar refractivity (Wildman–Crippen MR) is 79.2 cm³/mol. The molecule has 0 spiro atoms. The van der Waals surface area contributed by atoms with Crippen LogP contribution in [-0.2, 0) is 11.2 Å². The molecule has 1 saturated heterocycles. The lowest BCUT2D eigenvalue weighted by Gasteiger charge is -2.20. The number of thioether (sulfide) groups is 1. The van der Waals surface area contributed by atoms with E-state index in [0.29, 0.717) is 6.54 Å². The van der Waals surface area contributed by atoms with Crippen LogP contribution in [0.3, 0.4) is 0 Å². The molecular formula is C13H18ClFN2OS. The average Bonchev–Trinajstić information content (AvgIpc) is 2.90. The van der Waals surface area contributed by atoms with Gasteiger partial charge in [-0.05, 0) is 24.1 Å². The Kier molecular flexibility index (Phi) is 6.62. The molecule has 1 aliphatic rings. The van der Waals surface area contributed by atoms with Crippen LogP contribution in [0.1, 0.15) is 5.56 Å². The smallest absolute Gasteiger partial charge is 0.240 e. The monoisotopic (exact) mass is 304 g/mol. The highest BCUT2D eigenvalue weighted by molar-refractivity contribution is 7.99. The molecule has 1 aliphatic heterocycles. The molecule has 1 aromatic carbocycles. The third-order valence-electron chi connectivity index (χ3n) is 3.04. The van der Waals surface area contributed by atoms with Crippen molar-refractivity contribution in [3.63, 3.8) is 0 Å². The average molecular weight is 305 g/mol. The highest BCUT2D eigenvalue weighted by Gasteiger charge is 2.24. The van der Waals surface area contributed by atoms with Crippen LogP contribution in [-0.4, -0.2) is 42.1 Å². The summed E-state index contributed by atoms with van der Waals surface area (Å²) in [6.07, 6.45) is 0.752. The van der Waals surface area contributed by atoms with E-state index in [0.717, 1.165) is 23.6 Å². The van der Waals surface area contributed by atoms with Gasteiger partial charge in [-0.25, -0.2) is 4.39 Å². The van der Waals surface area contributed by atoms with E-state index in [4.69, 9.17) is 0 Å². The van der Waals surface area contributed by atoms with Crippen LogP contribution in [0.5, 0.6) is 0 Å². The Bertz CT molecular complexity index is 410. The number of likely N-dealkylation sites (N-methyl/N-ethyl adjacent to an activating group) is 1. The number of carbonyl (C=O) groups excluding carboxylic acids is 1. The van der Waals surface area contributed by atoms with Crippen LogP contribution in [0.4, 0.5) is 4.39 Å². The Morgan fingerprint density at radius 2 is 2.16 bits per heavy atom. The summed E-state index contributed by atoms with van der Waals surface area (Å²) in [5.41, 5.74) is 1.05. The van der Waals surface area contributed by atoms with Crippen LogP contribution in [0.25, 0.3) is 0 Å². The zero-order valence-corrected chi connectivity index (χ0v) is 12.4. The minimum absolute atomic E-state index is 0. The molecule has 6 heteroatoms. The number of amides is 1. The molecule has 106 valence electrons. The molecular weight excluding hydrogens is 287 g/mol. The number of nitrogens with one attached hydrogen (secondary N) is 1. The summed E-state index contributed by atoms with van der Waals surface area (Å²) in [6, 6.07) is 6.38. The van der Waals surface area contributed by atoms with Crippen molar-refractivity contribution in [3.8, 4) is 0 Å². The first-order chi connectivity index (χ1) is 8.66. The molecule has 0 bridgehead atoms. The summed E-state index contributed by atoms with van der Waals surface area (Å²) < 4.78 is 12.7. The van der Waals surface area contributed by atoms with Crippen LogP contribution in [0.2, 0.25) is 0 Å². The summed E-state index contributed by atoms with van der Waals surface area (Å²) >= 11 is 1.74. The van der Waals surface area contributed by atoms with E-state index in [9.17, 15) is 9.18 Å². The van der Waals surface area contributed by atoms with Gasteiger partial charge in [0.15, 0.2) is 0 Å². The maximum atomic E-state index is 12.7. The van der Waals surface area contributed by atoms with E-state index in [1.807, 2.05) is 7.05 Å². The fourth-order valence-electron chi connectivity index (χ4n) is 1.88. The molecule has 0 aromatic heterocycles. The SMILES string of the molecule is CN(CCc1ccc(F)cc1)C(=O)C1CSCN1.Cl. The van der Waals surface area contributed by atoms with Gasteiger partial charge in [0.2, 0.25) is 5.91 Å². The molecule has 0 radical (unpaired) electrons. The number of rotatable bonds is 4. The van der Waals surface area contributed by atoms with Crippen molar-refractivity contribution in [3.05, 3.63) is 35.6 Å². The van der Waals surface area contributed by atoms with Gasteiger partial charge in [0.05, 0.1) is 6.04 Å². The van der Waals surface area contributed by atoms with Crippen LogP contribution in [0.15, 0.2) is 24.3 Å². The maximum Gasteiger partial charge on any atom is 0.240 e. The molecule has 1 fully saturated rings. The second-order valence-electron chi connectivity index (χ2n) is 4.41. The van der Waals surface area contributed by atoms with Gasteiger partial charge in [-0.3, -0.25) is 10.1 Å². The van der Waals surface area contributed by atoms with Gasteiger partial charge in [-0.2, -0.15) is 0 Å². The zero-order chi connectivity index (χ0) is 13.0. The minimum atomic E-state index is -0.227. The largest absolute Gasteiger partial charge is 0.344 e. The summed E-state index contributed by atoms with van der Waals surface area (Å²) in [4.78, 5) is 13.8. The quantitative estimate of drug-likeness (QED) is 0.922. The van der Waals surface area contributed by atoms with Crippen LogP contribution >= 0.6 is 24.2 Å². The molecule has 0 saturated carbocycles. The number of nitrogens with zero attached hydrogens (tertiary/aromatic N) is 1. The molecule has 1 N–H and O–H groups in total. The fraction of sp³-hybridized carbons (Fsp3) is 0.462. The highest BCUT2D eigenvalue weighted by atomic mass is 35.5. The Morgan fingerprint density at radius 1 is 1.47 bits per heavy atom. The molecule has 1 unspecified atom stereocenters. The lowest BCUT2D eigenvalue weighted by molar-refractivity contribution is -0.131. The maximum absolute atomic E-state index is 12.7. The first kappa shape index (κ1) is 16.3. The normalized spacial score (nSPS) is 17.9. The van der Waals surface area contributed by atoms with E-state index in [-0.39, 0.29) is 30.2 Å². The second kappa shape index (κ2) is 7.72. The van der Waals surface area contributed by atoms with Gasteiger partial charge in [-0.1, -0.05) is 12.1 Å². The van der Waals surface area contributed by atoms with E-state index in [1.54, 1.807) is 28.8 Å². The number of benzene rings is 1. The topological polar surface area (TPSA) is 32.3 Å². The molecule has 2 rings (SSSR count). The van der Waals surface area contributed by atoms with E-state index < -0.39 is 0 Å². The second-order valence-corrected chi connectivity index (χ2v) is 5.44. The third kappa shape index (κ3) is 4.67. The molecule has 0 aliphatic carbocycles. The van der Waals surface area contributed by atoms with Crippen molar-refractivity contribution in [2.24, 2.45) is 0 Å². The number of hydrogen-bond donors (Lipinski definition) is 1. The molecule has 1 heterocycles. The van der Waals surface area contributed by atoms with Crippen molar-refractivity contribution < 1.29 is 9.18 Å². The molecule has 1 atom stereocenters. The molecule has 3 nitrogen and oxygen atoms in total. The fourth-order valence-corrected chi connectivity index (χ4v) is 2.81. The van der Waals surface area contributed by atoms with Crippen molar-refractivity contribution in [1.82, 2.24) is 10.2 Å². The van der Waals surface area contributed by atoms with Crippen molar-refractivity contribution in [2.45, 2.75) is 12.5 Å². The van der Waals surface area contributed by atoms with E-state index in [1.165, 1.54) is 12.1 Å². The van der Waals surface area contributed by atoms with Gasteiger partial charge < -0.3 is 4.90 Å². The van der Waals surface area contributed by atoms with E-state index in [2.05, 4.69) is 5.32 Å².